The zero-order valence-electron chi connectivity index (χ0n) is 11.9. The fourth-order valence-corrected chi connectivity index (χ4v) is 2.52. The van der Waals surface area contributed by atoms with Crippen LogP contribution >= 0.6 is 12.4 Å². The number of nitrogens with one attached hydrogen (secondary N) is 1. The van der Waals surface area contributed by atoms with Gasteiger partial charge in [0.2, 0.25) is 17.6 Å². The number of hydrogen-bond acceptors (Lipinski definition) is 6. The number of amides is 1. The van der Waals surface area contributed by atoms with Gasteiger partial charge in [0.05, 0.1) is 33.6 Å². The molecule has 1 aromatic rings. The van der Waals surface area contributed by atoms with Crippen LogP contribution in [0, 0.1) is 0 Å². The van der Waals surface area contributed by atoms with Crippen LogP contribution < -0.4 is 24.4 Å². The molecule has 0 aromatic heterocycles. The fourth-order valence-electron chi connectivity index (χ4n) is 2.52. The molecule has 7 nitrogen and oxygen atoms in total. The molecule has 0 saturated carbocycles. The number of hydrogen-bond donors (Lipinski definition) is 1. The quantitative estimate of drug-likeness (QED) is 0.899. The summed E-state index contributed by atoms with van der Waals surface area (Å²) in [6.45, 7) is 0.662. The Morgan fingerprint density at radius 3 is 2.52 bits per heavy atom. The van der Waals surface area contributed by atoms with E-state index in [9.17, 15) is 4.79 Å². The predicted octanol–water partition coefficient (Wildman–Crippen LogP) is 0.940. The fraction of sp³-hybridized carbons (Fsp3) is 0.385. The minimum atomic E-state index is -0.0784. The minimum Gasteiger partial charge on any atom is -0.493 e. The maximum atomic E-state index is 11.5. The van der Waals surface area contributed by atoms with E-state index in [1.165, 1.54) is 0 Å². The number of nitrogens with zero attached hydrogens (tertiary/aromatic N) is 2. The van der Waals surface area contributed by atoms with Crippen LogP contribution in [0.1, 0.15) is 5.56 Å². The number of aliphatic imine (C=N–C) groups is 1. The van der Waals surface area contributed by atoms with Gasteiger partial charge in [0.25, 0.3) is 0 Å². The maximum Gasteiger partial charge on any atom is 0.246 e. The third kappa shape index (κ3) is 2.23. The van der Waals surface area contributed by atoms with Crippen LogP contribution in [0.5, 0.6) is 17.2 Å². The summed E-state index contributed by atoms with van der Waals surface area (Å²) in [5.74, 6) is 2.17. The van der Waals surface area contributed by atoms with Crippen LogP contribution in [0.25, 0.3) is 0 Å². The smallest absolute Gasteiger partial charge is 0.246 e. The molecule has 1 amide bonds. The number of rotatable bonds is 3. The summed E-state index contributed by atoms with van der Waals surface area (Å²) in [6, 6.07) is 1.84. The number of fused-ring (bicyclic) bond motifs is 3. The van der Waals surface area contributed by atoms with E-state index in [0.717, 1.165) is 11.3 Å². The lowest BCUT2D eigenvalue weighted by molar-refractivity contribution is -0.117. The first-order chi connectivity index (χ1) is 9.69. The minimum absolute atomic E-state index is 0. The van der Waals surface area contributed by atoms with Gasteiger partial charge in [-0.15, -0.1) is 12.4 Å². The molecule has 1 N–H and O–H groups in total. The normalized spacial score (nSPS) is 15.3. The molecule has 2 aliphatic rings. The van der Waals surface area contributed by atoms with E-state index in [1.807, 2.05) is 11.0 Å². The van der Waals surface area contributed by atoms with Crippen molar-refractivity contribution in [1.29, 1.82) is 0 Å². The highest BCUT2D eigenvalue weighted by Crippen LogP contribution is 2.46. The Morgan fingerprint density at radius 1 is 1.19 bits per heavy atom. The highest BCUT2D eigenvalue weighted by molar-refractivity contribution is 6.15. The molecule has 0 unspecified atom stereocenters. The van der Waals surface area contributed by atoms with Gasteiger partial charge < -0.3 is 19.1 Å². The van der Waals surface area contributed by atoms with E-state index >= 15 is 0 Å². The number of ether oxygens (including phenoxy) is 3. The summed E-state index contributed by atoms with van der Waals surface area (Å²) in [5, 5.41) is 2.72. The molecule has 2 heterocycles. The second-order valence-corrected chi connectivity index (χ2v) is 4.42. The van der Waals surface area contributed by atoms with Gasteiger partial charge in [0.1, 0.15) is 6.54 Å². The zero-order chi connectivity index (χ0) is 14.3. The van der Waals surface area contributed by atoms with E-state index in [1.54, 1.807) is 21.3 Å². The Bertz CT molecular complexity index is 618. The van der Waals surface area contributed by atoms with E-state index in [4.69, 9.17) is 14.2 Å². The van der Waals surface area contributed by atoms with Gasteiger partial charge >= 0.3 is 0 Å². The van der Waals surface area contributed by atoms with Gasteiger partial charge in [-0.25, -0.2) is 4.99 Å². The molecular formula is C13H16ClN3O4. The molecule has 0 spiro atoms. The molecule has 0 bridgehead atoms. The number of carbonyl (C=O) groups is 1. The number of guanidine groups is 1. The van der Waals surface area contributed by atoms with Crippen LogP contribution in [-0.4, -0.2) is 39.7 Å². The van der Waals surface area contributed by atoms with Gasteiger partial charge in [0.15, 0.2) is 11.5 Å². The lowest BCUT2D eigenvalue weighted by Gasteiger charge is -2.27. The third-order valence-electron chi connectivity index (χ3n) is 3.40. The number of benzene rings is 1. The number of methoxy groups -OCH3 is 3. The maximum absolute atomic E-state index is 11.5. The summed E-state index contributed by atoms with van der Waals surface area (Å²) in [6.07, 6.45) is 0. The van der Waals surface area contributed by atoms with Crippen molar-refractivity contribution < 1.29 is 19.0 Å². The van der Waals surface area contributed by atoms with Gasteiger partial charge in [-0.05, 0) is 0 Å². The van der Waals surface area contributed by atoms with Crippen molar-refractivity contribution in [2.75, 3.05) is 32.8 Å². The van der Waals surface area contributed by atoms with Crippen LogP contribution in [0.4, 0.5) is 5.69 Å². The van der Waals surface area contributed by atoms with E-state index in [0.29, 0.717) is 29.8 Å². The van der Waals surface area contributed by atoms with Crippen molar-refractivity contribution in [3.8, 4) is 17.2 Å². The number of halogens is 1. The second kappa shape index (κ2) is 5.69. The molecule has 1 aromatic carbocycles. The van der Waals surface area contributed by atoms with Crippen LogP contribution in [0.3, 0.4) is 0 Å². The van der Waals surface area contributed by atoms with Crippen molar-refractivity contribution in [3.63, 3.8) is 0 Å². The van der Waals surface area contributed by atoms with E-state index in [-0.39, 0.29) is 24.9 Å². The first kappa shape index (κ1) is 15.2. The van der Waals surface area contributed by atoms with Crippen molar-refractivity contribution in [1.82, 2.24) is 5.32 Å². The third-order valence-corrected chi connectivity index (χ3v) is 3.40. The molecule has 8 heteroatoms. The first-order valence-corrected chi connectivity index (χ1v) is 6.13. The van der Waals surface area contributed by atoms with Crippen molar-refractivity contribution >= 4 is 30.0 Å². The number of anilines is 1. The zero-order valence-corrected chi connectivity index (χ0v) is 12.7. The van der Waals surface area contributed by atoms with Crippen molar-refractivity contribution in [3.05, 3.63) is 11.6 Å². The predicted molar refractivity (Wildman–Crippen MR) is 80.0 cm³/mol. The Hall–Kier alpha value is -2.15. The molecule has 3 rings (SSSR count). The monoisotopic (exact) mass is 313 g/mol. The Labute approximate surface area is 128 Å². The Balaban J connectivity index is 0.00000161. The molecule has 1 saturated heterocycles. The summed E-state index contributed by atoms with van der Waals surface area (Å²) < 4.78 is 16.1. The van der Waals surface area contributed by atoms with E-state index in [2.05, 4.69) is 10.3 Å². The lowest BCUT2D eigenvalue weighted by Crippen LogP contribution is -2.33. The van der Waals surface area contributed by atoms with Crippen LogP contribution in [0.2, 0.25) is 0 Å². The van der Waals surface area contributed by atoms with E-state index < -0.39 is 0 Å². The largest absolute Gasteiger partial charge is 0.493 e. The standard InChI is InChI=1S/C13H15N3O4.ClH/c1-18-9-4-8-7(11(19-2)12(9)20-3)5-14-13-15-10(17)6-16(8)13;/h4H,5-6H2,1-3H3,(H,14,15,17);1H. The molecule has 21 heavy (non-hydrogen) atoms. The Kier molecular flexibility index (Phi) is 4.13. The molecule has 0 radical (unpaired) electrons. The summed E-state index contributed by atoms with van der Waals surface area (Å²) in [4.78, 5) is 17.7. The Morgan fingerprint density at radius 2 is 1.90 bits per heavy atom. The van der Waals surface area contributed by atoms with Gasteiger partial charge in [-0.3, -0.25) is 10.1 Å². The highest BCUT2D eigenvalue weighted by Gasteiger charge is 2.34. The van der Waals surface area contributed by atoms with Crippen LogP contribution in [0.15, 0.2) is 11.1 Å². The average Bonchev–Trinajstić information content (AvgIpc) is 2.85. The molecule has 2 aliphatic heterocycles. The average molecular weight is 314 g/mol. The topological polar surface area (TPSA) is 72.4 Å². The van der Waals surface area contributed by atoms with Gasteiger partial charge in [0, 0.05) is 11.6 Å². The van der Waals surface area contributed by atoms with Gasteiger partial charge in [-0.2, -0.15) is 0 Å². The second-order valence-electron chi connectivity index (χ2n) is 4.42. The van der Waals surface area contributed by atoms with Crippen LogP contribution in [-0.2, 0) is 11.3 Å². The highest BCUT2D eigenvalue weighted by atomic mass is 35.5. The number of carbonyl (C=O) groups excluding carboxylic acids is 1. The molecule has 0 atom stereocenters. The first-order valence-electron chi connectivity index (χ1n) is 6.13. The summed E-state index contributed by atoms with van der Waals surface area (Å²) in [7, 11) is 4.70. The molecule has 0 aliphatic carbocycles. The van der Waals surface area contributed by atoms with Gasteiger partial charge in [-0.1, -0.05) is 0 Å². The summed E-state index contributed by atoms with van der Waals surface area (Å²) in [5.41, 5.74) is 1.73. The van der Waals surface area contributed by atoms with Crippen molar-refractivity contribution in [2.24, 2.45) is 4.99 Å². The SMILES string of the molecule is COc1cc2c(c(OC)c1OC)CN=C1NC(=O)CN12.Cl. The summed E-state index contributed by atoms with van der Waals surface area (Å²) >= 11 is 0. The molecule has 1 fully saturated rings. The molecular weight excluding hydrogens is 298 g/mol. The lowest BCUT2D eigenvalue weighted by atomic mass is 10.1. The van der Waals surface area contributed by atoms with Crippen molar-refractivity contribution in [2.45, 2.75) is 6.54 Å². The molecule has 114 valence electrons.